The van der Waals surface area contributed by atoms with Crippen LogP contribution in [0.15, 0.2) is 34.8 Å². The summed E-state index contributed by atoms with van der Waals surface area (Å²) in [6, 6.07) is 0.475. The number of phenolic OH excluding ortho intramolecular Hbond substituents is 1. The number of hydrogen-bond acceptors (Lipinski definition) is 12. The fourth-order valence-electron chi connectivity index (χ4n) is 6.42. The fourth-order valence-corrected chi connectivity index (χ4v) is 6.42. The van der Waals surface area contributed by atoms with E-state index in [9.17, 15) is 49.8 Å². The maximum absolute atomic E-state index is 13.9. The minimum atomic E-state index is -3.02. The number of nitrogens with two attached hydrogens (primary N) is 1. The summed E-state index contributed by atoms with van der Waals surface area (Å²) in [6.45, 7) is 1.07. The lowest BCUT2D eigenvalue weighted by Gasteiger charge is -2.53. The van der Waals surface area contributed by atoms with Gasteiger partial charge in [0.05, 0.1) is 35.9 Å². The number of primary amides is 1. The molecule has 0 radical (unpaired) electrons. The smallest absolute Gasteiger partial charge is 0.255 e. The molecule has 2 amide bonds. The normalized spacial score (nSPS) is 30.2. The first kappa shape index (κ1) is 30.1. The Labute approximate surface area is 235 Å². The van der Waals surface area contributed by atoms with E-state index in [1.807, 2.05) is 0 Å². The molecule has 3 aliphatic carbocycles. The average Bonchev–Trinajstić information content (AvgIpc) is 2.87. The lowest BCUT2D eigenvalue weighted by molar-refractivity contribution is -0.162. The quantitative estimate of drug-likeness (QED) is 0.143. The van der Waals surface area contributed by atoms with Crippen molar-refractivity contribution in [2.24, 2.45) is 17.6 Å². The van der Waals surface area contributed by atoms with Crippen molar-refractivity contribution in [1.82, 2.24) is 9.80 Å². The molecule has 9 N–H and O–H groups in total. The molecule has 0 heterocycles. The highest BCUT2D eigenvalue weighted by atomic mass is 16.4. The molecule has 0 fully saturated rings. The van der Waals surface area contributed by atoms with Crippen molar-refractivity contribution in [3.63, 3.8) is 0 Å². The zero-order valence-electron chi connectivity index (χ0n) is 23.1. The van der Waals surface area contributed by atoms with Crippen molar-refractivity contribution in [3.8, 4) is 5.75 Å². The Morgan fingerprint density at radius 1 is 1.12 bits per heavy atom. The topological polar surface area (TPSA) is 234 Å². The summed E-state index contributed by atoms with van der Waals surface area (Å²) in [7, 11) is 6.03. The molecule has 0 aliphatic heterocycles. The van der Waals surface area contributed by atoms with Gasteiger partial charge in [-0.2, -0.15) is 0 Å². The summed E-state index contributed by atoms with van der Waals surface area (Å²) in [4.78, 5) is 54.9. The molecule has 0 spiro atoms. The fraction of sp³-hybridized carbons (Fsp3) is 0.481. The Balaban J connectivity index is 1.92. The Kier molecular flexibility index (Phi) is 7.52. The van der Waals surface area contributed by atoms with Crippen LogP contribution in [0.25, 0.3) is 0 Å². The molecule has 0 saturated carbocycles. The summed E-state index contributed by atoms with van der Waals surface area (Å²) in [5, 5.41) is 68.7. The van der Waals surface area contributed by atoms with E-state index in [1.54, 1.807) is 21.0 Å². The summed E-state index contributed by atoms with van der Waals surface area (Å²) in [6.07, 6.45) is -1.71. The molecule has 41 heavy (non-hydrogen) atoms. The highest BCUT2D eigenvalue weighted by molar-refractivity contribution is 6.25. The number of amides is 2. The van der Waals surface area contributed by atoms with Gasteiger partial charge in [0.1, 0.15) is 23.1 Å². The van der Waals surface area contributed by atoms with Crippen molar-refractivity contribution in [1.29, 1.82) is 0 Å². The molecule has 14 nitrogen and oxygen atoms in total. The standard InChI is InChI=1S/C27H34N4O10/c1-9-10-6-7-11(29-26(40)12(8-32)30(2)3)19(33)14(10)20(34)15-13(9)21(35)17-18(31(4)5)22(36)16(25(28)39)24(38)27(17,41)23(15)37/h6-7,9,12-13,17-18,21,32-33,35-37,41H,8H2,1-5H3,(H2,28,39)(H,29,40)/t9?,12?,13?,17?,18-,21?,27-/m0/s1. The summed E-state index contributed by atoms with van der Waals surface area (Å²) >= 11 is 0. The number of nitrogens with zero attached hydrogens (tertiary/aromatic N) is 2. The highest BCUT2D eigenvalue weighted by Gasteiger charge is 2.67. The largest absolute Gasteiger partial charge is 0.510 e. The number of phenols is 1. The van der Waals surface area contributed by atoms with E-state index in [4.69, 9.17) is 5.73 Å². The second-order valence-electron chi connectivity index (χ2n) is 11.1. The molecule has 222 valence electrons. The van der Waals surface area contributed by atoms with E-state index in [-0.39, 0.29) is 16.8 Å². The van der Waals surface area contributed by atoms with Gasteiger partial charge in [-0.15, -0.1) is 0 Å². The van der Waals surface area contributed by atoms with Crippen LogP contribution in [0.4, 0.5) is 5.69 Å². The lowest BCUT2D eigenvalue weighted by atomic mass is 9.55. The van der Waals surface area contributed by atoms with Crippen LogP contribution in [0.5, 0.6) is 5.75 Å². The summed E-state index contributed by atoms with van der Waals surface area (Å²) in [5.41, 5.74) is 0.494. The van der Waals surface area contributed by atoms with Gasteiger partial charge >= 0.3 is 0 Å². The molecule has 1 aromatic rings. The second kappa shape index (κ2) is 10.2. The average molecular weight is 575 g/mol. The Bertz CT molecular complexity index is 1420. The van der Waals surface area contributed by atoms with Crippen LogP contribution in [0.2, 0.25) is 0 Å². The number of aliphatic hydroxyl groups excluding tert-OH is 4. The lowest BCUT2D eigenvalue weighted by Crippen LogP contribution is -2.68. The highest BCUT2D eigenvalue weighted by Crippen LogP contribution is 2.56. The number of anilines is 1. The van der Waals surface area contributed by atoms with Gasteiger partial charge in [0.25, 0.3) is 5.91 Å². The van der Waals surface area contributed by atoms with Crippen LogP contribution in [0.3, 0.4) is 0 Å². The van der Waals surface area contributed by atoms with Gasteiger partial charge in [-0.3, -0.25) is 29.0 Å². The molecule has 4 rings (SSSR count). The number of rotatable bonds is 6. The molecule has 5 unspecified atom stereocenters. The Morgan fingerprint density at radius 2 is 1.73 bits per heavy atom. The minimum absolute atomic E-state index is 0.175. The van der Waals surface area contributed by atoms with Gasteiger partial charge in [-0.05, 0) is 45.7 Å². The van der Waals surface area contributed by atoms with E-state index in [1.165, 1.54) is 36.0 Å². The Hall–Kier alpha value is -3.82. The van der Waals surface area contributed by atoms with E-state index >= 15 is 0 Å². The molecule has 0 aromatic heterocycles. The first-order valence-electron chi connectivity index (χ1n) is 12.8. The number of Topliss-reactive ketones (excluding diaryl/α,β-unsaturated/α-hetero) is 2. The van der Waals surface area contributed by atoms with Gasteiger partial charge in [0.15, 0.2) is 17.1 Å². The first-order chi connectivity index (χ1) is 19.0. The van der Waals surface area contributed by atoms with Crippen molar-refractivity contribution in [3.05, 3.63) is 45.9 Å². The molecule has 3 aliphatic rings. The van der Waals surface area contributed by atoms with Crippen LogP contribution in [-0.4, -0.2) is 122 Å². The van der Waals surface area contributed by atoms with E-state index in [2.05, 4.69) is 5.32 Å². The third-order valence-electron chi connectivity index (χ3n) is 8.49. The number of aliphatic hydroxyl groups is 5. The van der Waals surface area contributed by atoms with Crippen molar-refractivity contribution < 1.29 is 49.8 Å². The van der Waals surface area contributed by atoms with Gasteiger partial charge in [0, 0.05) is 11.5 Å². The van der Waals surface area contributed by atoms with E-state index in [0.29, 0.717) is 0 Å². The molecule has 7 atom stereocenters. The van der Waals surface area contributed by atoms with Crippen LogP contribution >= 0.6 is 0 Å². The maximum atomic E-state index is 13.9. The van der Waals surface area contributed by atoms with Crippen molar-refractivity contribution >= 4 is 29.1 Å². The summed E-state index contributed by atoms with van der Waals surface area (Å²) < 4.78 is 0. The third kappa shape index (κ3) is 4.13. The molecule has 14 heteroatoms. The van der Waals surface area contributed by atoms with E-state index in [0.717, 1.165) is 0 Å². The SMILES string of the molecule is CC1c2ccc(NC(=O)C(CO)N(C)C)c(O)c2C(=O)C2=C(O)[C@]3(O)C(=O)C(C(N)=O)=C(O)[C@@H](N(C)C)C3C(O)C21. The number of fused-ring (bicyclic) bond motifs is 3. The molecular weight excluding hydrogens is 540 g/mol. The molecular formula is C27H34N4O10. The Morgan fingerprint density at radius 3 is 2.24 bits per heavy atom. The molecule has 1 aromatic carbocycles. The van der Waals surface area contributed by atoms with Crippen molar-refractivity contribution in [2.75, 3.05) is 40.1 Å². The first-order valence-corrected chi connectivity index (χ1v) is 12.8. The number of carbonyl (C=O) groups is 4. The second-order valence-corrected chi connectivity index (χ2v) is 11.1. The monoisotopic (exact) mass is 574 g/mol. The predicted octanol–water partition coefficient (Wildman–Crippen LogP) is -1.49. The van der Waals surface area contributed by atoms with Gasteiger partial charge in [-0.25, -0.2) is 0 Å². The third-order valence-corrected chi connectivity index (χ3v) is 8.49. The van der Waals surface area contributed by atoms with Crippen LogP contribution < -0.4 is 11.1 Å². The van der Waals surface area contributed by atoms with Crippen LogP contribution in [0, 0.1) is 11.8 Å². The number of ketones is 2. The summed E-state index contributed by atoms with van der Waals surface area (Å²) in [5.74, 6) is -10.8. The number of likely N-dealkylation sites (N-methyl/N-ethyl adjacent to an activating group) is 2. The van der Waals surface area contributed by atoms with E-state index < -0.39 is 99.9 Å². The zero-order valence-corrected chi connectivity index (χ0v) is 23.1. The van der Waals surface area contributed by atoms with Gasteiger partial charge in [0.2, 0.25) is 11.7 Å². The number of benzene rings is 1. The van der Waals surface area contributed by atoms with Gasteiger partial charge < -0.3 is 41.7 Å². The zero-order chi connectivity index (χ0) is 30.9. The predicted molar refractivity (Wildman–Crippen MR) is 143 cm³/mol. The van der Waals surface area contributed by atoms with Gasteiger partial charge in [-0.1, -0.05) is 13.0 Å². The number of aromatic hydroxyl groups is 1. The number of nitrogens with one attached hydrogen (secondary N) is 1. The van der Waals surface area contributed by atoms with Crippen LogP contribution in [0.1, 0.15) is 28.8 Å². The van der Waals surface area contributed by atoms with Crippen molar-refractivity contribution in [2.45, 2.75) is 36.6 Å². The molecule has 0 saturated heterocycles. The maximum Gasteiger partial charge on any atom is 0.255 e. The number of carbonyl (C=O) groups excluding carboxylic acids is 4. The van der Waals surface area contributed by atoms with Crippen LogP contribution in [-0.2, 0) is 14.4 Å². The molecule has 0 bridgehead atoms. The number of hydrogen-bond donors (Lipinski definition) is 8. The minimum Gasteiger partial charge on any atom is -0.510 e.